The van der Waals surface area contributed by atoms with Gasteiger partial charge in [-0.05, 0) is 73.2 Å². The van der Waals surface area contributed by atoms with Gasteiger partial charge in [-0.3, -0.25) is 14.3 Å². The van der Waals surface area contributed by atoms with Gasteiger partial charge in [0.05, 0.1) is 4.90 Å². The lowest BCUT2D eigenvalue weighted by molar-refractivity contribution is -0.114. The molecule has 0 aliphatic carbocycles. The molecule has 0 spiro atoms. The number of hydrogen-bond acceptors (Lipinski definition) is 4. The monoisotopic (exact) mass is 441 g/mol. The summed E-state index contributed by atoms with van der Waals surface area (Å²) < 4.78 is 40.8. The molecule has 0 fully saturated rings. The van der Waals surface area contributed by atoms with E-state index in [-0.39, 0.29) is 22.1 Å². The zero-order chi connectivity index (χ0) is 22.6. The lowest BCUT2D eigenvalue weighted by atomic mass is 10.1. The van der Waals surface area contributed by atoms with E-state index in [4.69, 9.17) is 0 Å². The molecule has 0 aromatic heterocycles. The van der Waals surface area contributed by atoms with Gasteiger partial charge in [0.25, 0.3) is 15.9 Å². The Hall–Kier alpha value is -3.72. The van der Waals surface area contributed by atoms with Crippen LogP contribution in [0.15, 0.2) is 71.6 Å². The number of rotatable bonds is 6. The Bertz CT molecular complexity index is 1220. The van der Waals surface area contributed by atoms with Crippen molar-refractivity contribution >= 4 is 38.9 Å². The minimum Gasteiger partial charge on any atom is -0.326 e. The van der Waals surface area contributed by atoms with Gasteiger partial charge in [0.2, 0.25) is 5.91 Å². The first kappa shape index (κ1) is 22.0. The Balaban J connectivity index is 1.80. The Morgan fingerprint density at radius 3 is 1.94 bits per heavy atom. The van der Waals surface area contributed by atoms with Gasteiger partial charge in [0, 0.05) is 29.5 Å². The number of nitrogens with one attached hydrogen (secondary N) is 3. The van der Waals surface area contributed by atoms with Gasteiger partial charge in [-0.25, -0.2) is 12.8 Å². The van der Waals surface area contributed by atoms with E-state index >= 15 is 0 Å². The number of anilines is 3. The number of amides is 2. The summed E-state index contributed by atoms with van der Waals surface area (Å²) in [4.78, 5) is 23.7. The molecule has 3 aromatic carbocycles. The lowest BCUT2D eigenvalue weighted by Crippen LogP contribution is -2.17. The molecule has 7 nitrogen and oxygen atoms in total. The molecule has 0 bridgehead atoms. The molecule has 0 atom stereocenters. The second-order valence-electron chi connectivity index (χ2n) is 6.80. The van der Waals surface area contributed by atoms with E-state index < -0.39 is 21.7 Å². The van der Waals surface area contributed by atoms with Crippen molar-refractivity contribution in [3.8, 4) is 0 Å². The van der Waals surface area contributed by atoms with E-state index in [0.29, 0.717) is 16.9 Å². The number of benzene rings is 3. The van der Waals surface area contributed by atoms with Crippen LogP contribution in [0.5, 0.6) is 0 Å². The van der Waals surface area contributed by atoms with Crippen LogP contribution in [0.1, 0.15) is 22.8 Å². The summed E-state index contributed by atoms with van der Waals surface area (Å²) in [5.41, 5.74) is 2.05. The highest BCUT2D eigenvalue weighted by molar-refractivity contribution is 7.92. The van der Waals surface area contributed by atoms with Crippen LogP contribution < -0.4 is 15.4 Å². The van der Waals surface area contributed by atoms with Crippen molar-refractivity contribution in [1.82, 2.24) is 0 Å². The fourth-order valence-corrected chi connectivity index (χ4v) is 3.87. The van der Waals surface area contributed by atoms with Crippen LogP contribution in [0.25, 0.3) is 0 Å². The first-order chi connectivity index (χ1) is 14.6. The van der Waals surface area contributed by atoms with Crippen molar-refractivity contribution < 1.29 is 22.4 Å². The molecule has 31 heavy (non-hydrogen) atoms. The molecule has 2 amide bonds. The molecule has 0 radical (unpaired) electrons. The predicted octanol–water partition coefficient (Wildman–Crippen LogP) is 4.15. The molecule has 9 heteroatoms. The Kier molecular flexibility index (Phi) is 6.36. The number of carbonyl (C=O) groups is 2. The quantitative estimate of drug-likeness (QED) is 0.535. The summed E-state index contributed by atoms with van der Waals surface area (Å²) >= 11 is 0. The van der Waals surface area contributed by atoms with Crippen LogP contribution in [-0.2, 0) is 14.8 Å². The second kappa shape index (κ2) is 8.97. The molecular formula is C22H20FN3O4S. The Morgan fingerprint density at radius 2 is 1.35 bits per heavy atom. The van der Waals surface area contributed by atoms with Crippen molar-refractivity contribution in [2.24, 2.45) is 0 Å². The first-order valence-electron chi connectivity index (χ1n) is 9.22. The van der Waals surface area contributed by atoms with Crippen LogP contribution in [0.3, 0.4) is 0 Å². The van der Waals surface area contributed by atoms with Crippen molar-refractivity contribution in [3.05, 3.63) is 83.7 Å². The average molecular weight is 441 g/mol. The smallest absolute Gasteiger partial charge is 0.261 e. The van der Waals surface area contributed by atoms with Crippen LogP contribution in [0.2, 0.25) is 0 Å². The van der Waals surface area contributed by atoms with Gasteiger partial charge < -0.3 is 10.6 Å². The molecule has 0 aliphatic heterocycles. The maximum absolute atomic E-state index is 13.0. The van der Waals surface area contributed by atoms with E-state index in [2.05, 4.69) is 15.4 Å². The maximum atomic E-state index is 13.0. The highest BCUT2D eigenvalue weighted by Crippen LogP contribution is 2.21. The SMILES string of the molecule is CC(=O)Nc1ccc(NC(=O)c2cc(S(=O)(=O)Nc3ccc(F)cc3)ccc2C)cc1. The van der Waals surface area contributed by atoms with Crippen LogP contribution in [0.4, 0.5) is 21.5 Å². The molecule has 0 saturated carbocycles. The summed E-state index contributed by atoms with van der Waals surface area (Å²) in [5, 5.41) is 5.33. The summed E-state index contributed by atoms with van der Waals surface area (Å²) in [5.74, 6) is -1.18. The highest BCUT2D eigenvalue weighted by atomic mass is 32.2. The third-order valence-corrected chi connectivity index (χ3v) is 5.70. The third-order valence-electron chi connectivity index (χ3n) is 4.32. The minimum atomic E-state index is -3.98. The minimum absolute atomic E-state index is 0.103. The molecule has 0 aliphatic rings. The fourth-order valence-electron chi connectivity index (χ4n) is 2.78. The number of halogens is 1. The molecule has 0 heterocycles. The van der Waals surface area contributed by atoms with Gasteiger partial charge in [0.1, 0.15) is 5.82 Å². The van der Waals surface area contributed by atoms with E-state index in [1.165, 1.54) is 37.3 Å². The van der Waals surface area contributed by atoms with Crippen LogP contribution in [0, 0.1) is 12.7 Å². The normalized spacial score (nSPS) is 10.9. The number of carbonyl (C=O) groups excluding carboxylic acids is 2. The topological polar surface area (TPSA) is 104 Å². The molecule has 0 unspecified atom stereocenters. The summed E-state index contributed by atoms with van der Waals surface area (Å²) in [7, 11) is -3.98. The second-order valence-corrected chi connectivity index (χ2v) is 8.48. The summed E-state index contributed by atoms with van der Waals surface area (Å²) in [6, 6.07) is 15.6. The fraction of sp³-hybridized carbons (Fsp3) is 0.0909. The van der Waals surface area contributed by atoms with Crippen molar-refractivity contribution in [2.75, 3.05) is 15.4 Å². The maximum Gasteiger partial charge on any atom is 0.261 e. The number of sulfonamides is 1. The first-order valence-corrected chi connectivity index (χ1v) is 10.7. The number of aryl methyl sites for hydroxylation is 1. The standard InChI is InChI=1S/C22H20FN3O4S/c1-14-3-12-20(31(29,30)26-19-6-4-16(23)5-7-19)13-21(14)22(28)25-18-10-8-17(9-11-18)24-15(2)27/h3-13,26H,1-2H3,(H,24,27)(H,25,28). The van der Waals surface area contributed by atoms with Gasteiger partial charge in [0.15, 0.2) is 0 Å². The van der Waals surface area contributed by atoms with E-state index in [1.807, 2.05) is 0 Å². The molecule has 160 valence electrons. The van der Waals surface area contributed by atoms with Crippen LogP contribution in [-0.4, -0.2) is 20.2 Å². The molecule has 3 N–H and O–H groups in total. The van der Waals surface area contributed by atoms with Crippen LogP contribution >= 0.6 is 0 Å². The van der Waals surface area contributed by atoms with E-state index in [1.54, 1.807) is 31.2 Å². The highest BCUT2D eigenvalue weighted by Gasteiger charge is 2.18. The predicted molar refractivity (Wildman–Crippen MR) is 117 cm³/mol. The van der Waals surface area contributed by atoms with Gasteiger partial charge in [-0.15, -0.1) is 0 Å². The van der Waals surface area contributed by atoms with Crippen molar-refractivity contribution in [3.63, 3.8) is 0 Å². The molecule has 0 saturated heterocycles. The zero-order valence-corrected chi connectivity index (χ0v) is 17.6. The Morgan fingerprint density at radius 1 is 0.806 bits per heavy atom. The molecule has 3 rings (SSSR count). The largest absolute Gasteiger partial charge is 0.326 e. The average Bonchev–Trinajstić information content (AvgIpc) is 2.71. The van der Waals surface area contributed by atoms with Gasteiger partial charge in [-0.1, -0.05) is 6.07 Å². The van der Waals surface area contributed by atoms with E-state index in [0.717, 1.165) is 12.1 Å². The third kappa shape index (κ3) is 5.67. The molecule has 3 aromatic rings. The van der Waals surface area contributed by atoms with Crippen molar-refractivity contribution in [2.45, 2.75) is 18.7 Å². The van der Waals surface area contributed by atoms with Gasteiger partial charge in [-0.2, -0.15) is 0 Å². The van der Waals surface area contributed by atoms with Gasteiger partial charge >= 0.3 is 0 Å². The lowest BCUT2D eigenvalue weighted by Gasteiger charge is -2.12. The number of hydrogen-bond donors (Lipinski definition) is 3. The molecular weight excluding hydrogens is 421 g/mol. The summed E-state index contributed by atoms with van der Waals surface area (Å²) in [6.07, 6.45) is 0. The van der Waals surface area contributed by atoms with E-state index in [9.17, 15) is 22.4 Å². The summed E-state index contributed by atoms with van der Waals surface area (Å²) in [6.45, 7) is 3.09. The zero-order valence-electron chi connectivity index (χ0n) is 16.8. The van der Waals surface area contributed by atoms with Crippen molar-refractivity contribution in [1.29, 1.82) is 0 Å². The Labute approximate surface area is 179 Å².